The molecular formula is C18H24N2O. The zero-order valence-corrected chi connectivity index (χ0v) is 13.3. The smallest absolute Gasteiger partial charge is 0.142 e. The Kier molecular flexibility index (Phi) is 5.23. The number of methoxy groups -OCH3 is 1. The molecule has 1 unspecified atom stereocenters. The van der Waals surface area contributed by atoms with Gasteiger partial charge in [-0.15, -0.1) is 0 Å². The van der Waals surface area contributed by atoms with E-state index in [9.17, 15) is 0 Å². The summed E-state index contributed by atoms with van der Waals surface area (Å²) in [5.41, 5.74) is 3.54. The summed E-state index contributed by atoms with van der Waals surface area (Å²) in [6, 6.07) is 16.9. The van der Waals surface area contributed by atoms with Crippen LogP contribution in [0.4, 0.5) is 11.4 Å². The monoisotopic (exact) mass is 284 g/mol. The van der Waals surface area contributed by atoms with Crippen molar-refractivity contribution in [2.24, 2.45) is 0 Å². The highest BCUT2D eigenvalue weighted by Gasteiger charge is 2.15. The summed E-state index contributed by atoms with van der Waals surface area (Å²) >= 11 is 0. The lowest BCUT2D eigenvalue weighted by Gasteiger charge is -2.26. The van der Waals surface area contributed by atoms with Gasteiger partial charge >= 0.3 is 0 Å². The maximum atomic E-state index is 5.48. The molecule has 2 rings (SSSR count). The fourth-order valence-corrected chi connectivity index (χ4v) is 2.61. The van der Waals surface area contributed by atoms with Crippen LogP contribution < -0.4 is 15.0 Å². The van der Waals surface area contributed by atoms with Crippen molar-refractivity contribution >= 4 is 11.4 Å². The van der Waals surface area contributed by atoms with Crippen LogP contribution in [0.5, 0.6) is 5.75 Å². The highest BCUT2D eigenvalue weighted by molar-refractivity contribution is 5.71. The Labute approximate surface area is 127 Å². The van der Waals surface area contributed by atoms with Crippen LogP contribution in [0, 0.1) is 0 Å². The van der Waals surface area contributed by atoms with Gasteiger partial charge in [0, 0.05) is 18.8 Å². The molecule has 0 fully saturated rings. The van der Waals surface area contributed by atoms with Crippen LogP contribution in [0.2, 0.25) is 0 Å². The van der Waals surface area contributed by atoms with Crippen molar-refractivity contribution in [2.75, 3.05) is 25.6 Å². The lowest BCUT2D eigenvalue weighted by molar-refractivity contribution is 0.415. The standard InChI is InChI=1S/C18H24N2O/c1-5-19-14(2)15-10-6-7-11-16(15)20(3)17-12-8-9-13-18(17)21-4/h6-14,19H,5H2,1-4H3. The summed E-state index contributed by atoms with van der Waals surface area (Å²) in [6.07, 6.45) is 0. The first-order valence-electron chi connectivity index (χ1n) is 7.38. The van der Waals surface area contributed by atoms with Gasteiger partial charge in [0.15, 0.2) is 0 Å². The molecule has 3 heteroatoms. The third-order valence-electron chi connectivity index (χ3n) is 3.72. The first-order valence-corrected chi connectivity index (χ1v) is 7.38. The van der Waals surface area contributed by atoms with E-state index in [0.717, 1.165) is 18.0 Å². The van der Waals surface area contributed by atoms with Gasteiger partial charge in [-0.3, -0.25) is 0 Å². The first-order chi connectivity index (χ1) is 10.2. The Morgan fingerprint density at radius 3 is 2.33 bits per heavy atom. The van der Waals surface area contributed by atoms with E-state index in [2.05, 4.69) is 61.4 Å². The van der Waals surface area contributed by atoms with Crippen molar-refractivity contribution in [3.8, 4) is 5.75 Å². The molecule has 3 nitrogen and oxygen atoms in total. The molecule has 1 N–H and O–H groups in total. The first kappa shape index (κ1) is 15.4. The van der Waals surface area contributed by atoms with Crippen LogP contribution in [0.1, 0.15) is 25.5 Å². The molecule has 0 aliphatic heterocycles. The Morgan fingerprint density at radius 1 is 1.05 bits per heavy atom. The molecule has 0 bridgehead atoms. The summed E-state index contributed by atoms with van der Waals surface area (Å²) in [5, 5.41) is 3.48. The van der Waals surface area contributed by atoms with Gasteiger partial charge in [0.05, 0.1) is 12.8 Å². The molecule has 0 saturated carbocycles. The van der Waals surface area contributed by atoms with Crippen LogP contribution in [0.3, 0.4) is 0 Å². The summed E-state index contributed by atoms with van der Waals surface area (Å²) in [7, 11) is 3.79. The van der Waals surface area contributed by atoms with Crippen molar-refractivity contribution < 1.29 is 4.74 Å². The Balaban J connectivity index is 2.41. The van der Waals surface area contributed by atoms with Crippen LogP contribution in [0.15, 0.2) is 48.5 Å². The van der Waals surface area contributed by atoms with Crippen LogP contribution in [-0.2, 0) is 0 Å². The minimum Gasteiger partial charge on any atom is -0.495 e. The molecule has 0 heterocycles. The summed E-state index contributed by atoms with van der Waals surface area (Å²) in [5.74, 6) is 0.880. The molecule has 21 heavy (non-hydrogen) atoms. The lowest BCUT2D eigenvalue weighted by Crippen LogP contribution is -2.21. The number of benzene rings is 2. The van der Waals surface area contributed by atoms with Crippen molar-refractivity contribution in [1.29, 1.82) is 0 Å². The van der Waals surface area contributed by atoms with Crippen LogP contribution in [0.25, 0.3) is 0 Å². The molecule has 2 aromatic carbocycles. The zero-order valence-electron chi connectivity index (χ0n) is 13.3. The second kappa shape index (κ2) is 7.14. The third-order valence-corrected chi connectivity index (χ3v) is 3.72. The number of rotatable bonds is 6. The Hall–Kier alpha value is -2.00. The van der Waals surface area contributed by atoms with Gasteiger partial charge in [0.1, 0.15) is 5.75 Å². The molecule has 2 aromatic rings. The predicted molar refractivity (Wildman–Crippen MR) is 89.6 cm³/mol. The third kappa shape index (κ3) is 3.37. The van der Waals surface area contributed by atoms with E-state index < -0.39 is 0 Å². The molecule has 0 aromatic heterocycles. The largest absolute Gasteiger partial charge is 0.495 e. The highest BCUT2D eigenvalue weighted by Crippen LogP contribution is 2.35. The minimum atomic E-state index is 0.309. The van der Waals surface area contributed by atoms with E-state index in [-0.39, 0.29) is 0 Å². The minimum absolute atomic E-state index is 0.309. The molecule has 1 atom stereocenters. The Morgan fingerprint density at radius 2 is 1.67 bits per heavy atom. The van der Waals surface area contributed by atoms with Gasteiger partial charge in [-0.25, -0.2) is 0 Å². The average molecular weight is 284 g/mol. The fourth-order valence-electron chi connectivity index (χ4n) is 2.61. The summed E-state index contributed by atoms with van der Waals surface area (Å²) < 4.78 is 5.48. The fraction of sp³-hybridized carbons (Fsp3) is 0.333. The number of hydrogen-bond donors (Lipinski definition) is 1. The van der Waals surface area contributed by atoms with Gasteiger partial charge in [-0.2, -0.15) is 0 Å². The molecule has 112 valence electrons. The Bertz CT molecular complexity index is 583. The van der Waals surface area contributed by atoms with E-state index in [4.69, 9.17) is 4.74 Å². The van der Waals surface area contributed by atoms with Crippen LogP contribution in [-0.4, -0.2) is 20.7 Å². The van der Waals surface area contributed by atoms with E-state index in [1.165, 1.54) is 11.3 Å². The predicted octanol–water partition coefficient (Wildman–Crippen LogP) is 4.13. The average Bonchev–Trinajstić information content (AvgIpc) is 2.54. The van der Waals surface area contributed by atoms with Gasteiger partial charge in [-0.1, -0.05) is 37.3 Å². The topological polar surface area (TPSA) is 24.5 Å². The normalized spacial score (nSPS) is 12.0. The second-order valence-corrected chi connectivity index (χ2v) is 5.07. The van der Waals surface area contributed by atoms with E-state index >= 15 is 0 Å². The van der Waals surface area contributed by atoms with Crippen LogP contribution >= 0.6 is 0 Å². The maximum absolute atomic E-state index is 5.48. The molecular weight excluding hydrogens is 260 g/mol. The number of ether oxygens (including phenoxy) is 1. The van der Waals surface area contributed by atoms with Gasteiger partial charge < -0.3 is 15.0 Å². The van der Waals surface area contributed by atoms with Crippen molar-refractivity contribution in [3.63, 3.8) is 0 Å². The van der Waals surface area contributed by atoms with E-state index in [1.54, 1.807) is 7.11 Å². The van der Waals surface area contributed by atoms with Crippen molar-refractivity contribution in [2.45, 2.75) is 19.9 Å². The molecule has 0 aliphatic carbocycles. The van der Waals surface area contributed by atoms with Crippen molar-refractivity contribution in [1.82, 2.24) is 5.32 Å². The van der Waals surface area contributed by atoms with Gasteiger partial charge in [0.2, 0.25) is 0 Å². The number of anilines is 2. The van der Waals surface area contributed by atoms with Crippen molar-refractivity contribution in [3.05, 3.63) is 54.1 Å². The molecule has 0 amide bonds. The molecule has 0 aliphatic rings. The quantitative estimate of drug-likeness (QED) is 0.863. The summed E-state index contributed by atoms with van der Waals surface area (Å²) in [4.78, 5) is 2.18. The summed E-state index contributed by atoms with van der Waals surface area (Å²) in [6.45, 7) is 5.27. The number of para-hydroxylation sites is 3. The number of nitrogens with zero attached hydrogens (tertiary/aromatic N) is 1. The molecule has 0 radical (unpaired) electrons. The number of hydrogen-bond acceptors (Lipinski definition) is 3. The van der Waals surface area contributed by atoms with E-state index in [0.29, 0.717) is 6.04 Å². The van der Waals surface area contributed by atoms with Gasteiger partial charge in [0.25, 0.3) is 0 Å². The molecule has 0 spiro atoms. The molecule has 0 saturated heterocycles. The SMILES string of the molecule is CCNC(C)c1ccccc1N(C)c1ccccc1OC. The lowest BCUT2D eigenvalue weighted by atomic mass is 10.0. The second-order valence-electron chi connectivity index (χ2n) is 5.07. The highest BCUT2D eigenvalue weighted by atomic mass is 16.5. The number of nitrogens with one attached hydrogen (secondary N) is 1. The zero-order chi connectivity index (χ0) is 15.2. The maximum Gasteiger partial charge on any atom is 0.142 e. The van der Waals surface area contributed by atoms with E-state index in [1.807, 2.05) is 18.2 Å². The van der Waals surface area contributed by atoms with Gasteiger partial charge in [-0.05, 0) is 37.2 Å².